The van der Waals surface area contributed by atoms with Crippen LogP contribution >= 0.6 is 0 Å². The van der Waals surface area contributed by atoms with Gasteiger partial charge in [-0.05, 0) is 30.7 Å². The van der Waals surface area contributed by atoms with Crippen LogP contribution in [0, 0.1) is 0 Å². The summed E-state index contributed by atoms with van der Waals surface area (Å²) in [5.74, 6) is 0.0740. The van der Waals surface area contributed by atoms with E-state index in [4.69, 9.17) is 0 Å². The maximum absolute atomic E-state index is 12.3. The summed E-state index contributed by atoms with van der Waals surface area (Å²) in [5.41, 5.74) is 1.97. The zero-order chi connectivity index (χ0) is 14.7. The number of benzene rings is 1. The molecule has 0 radical (unpaired) electrons. The lowest BCUT2D eigenvalue weighted by Gasteiger charge is -2.33. The second-order valence-corrected chi connectivity index (χ2v) is 5.34. The van der Waals surface area contributed by atoms with Crippen molar-refractivity contribution < 1.29 is 4.79 Å². The van der Waals surface area contributed by atoms with E-state index in [1.165, 1.54) is 0 Å². The number of amides is 1. The topological polar surface area (TPSA) is 45.2 Å². The highest BCUT2D eigenvalue weighted by Crippen LogP contribution is 2.17. The van der Waals surface area contributed by atoms with Gasteiger partial charge in [0.15, 0.2) is 0 Å². The van der Waals surface area contributed by atoms with Crippen molar-refractivity contribution in [3.05, 3.63) is 48.2 Å². The maximum atomic E-state index is 12.3. The summed E-state index contributed by atoms with van der Waals surface area (Å²) < 4.78 is 0. The van der Waals surface area contributed by atoms with Crippen LogP contribution in [-0.2, 0) is 4.79 Å². The number of fused-ring (bicyclic) bond motifs is 1. The average molecular weight is 281 g/mol. The van der Waals surface area contributed by atoms with Crippen molar-refractivity contribution >= 4 is 22.9 Å². The van der Waals surface area contributed by atoms with E-state index < -0.39 is 0 Å². The fourth-order valence-electron chi connectivity index (χ4n) is 2.69. The minimum absolute atomic E-state index is 0.0740. The summed E-state index contributed by atoms with van der Waals surface area (Å²) in [6.07, 6.45) is 5.34. The number of hydrogen-bond acceptors (Lipinski definition) is 3. The van der Waals surface area contributed by atoms with Crippen molar-refractivity contribution in [1.29, 1.82) is 0 Å². The molecule has 1 atom stereocenters. The first-order valence-electron chi connectivity index (χ1n) is 7.29. The van der Waals surface area contributed by atoms with Gasteiger partial charge in [0.2, 0.25) is 5.91 Å². The Bertz CT molecular complexity index is 675. The molecule has 0 bridgehead atoms. The Hall–Kier alpha value is -2.20. The SMILES string of the molecule is CC1CNCCN1C(=O)C=Cc1ccnc2ccccc12. The van der Waals surface area contributed by atoms with Crippen LogP contribution < -0.4 is 5.32 Å². The number of para-hydroxylation sites is 1. The largest absolute Gasteiger partial charge is 0.334 e. The van der Waals surface area contributed by atoms with Gasteiger partial charge in [-0.25, -0.2) is 0 Å². The summed E-state index contributed by atoms with van der Waals surface area (Å²) in [6, 6.07) is 10.1. The zero-order valence-corrected chi connectivity index (χ0v) is 12.1. The quantitative estimate of drug-likeness (QED) is 0.857. The van der Waals surface area contributed by atoms with E-state index in [2.05, 4.69) is 17.2 Å². The number of rotatable bonds is 2. The van der Waals surface area contributed by atoms with Gasteiger partial charge in [0.25, 0.3) is 0 Å². The number of carbonyl (C=O) groups excluding carboxylic acids is 1. The molecule has 21 heavy (non-hydrogen) atoms. The summed E-state index contributed by atoms with van der Waals surface area (Å²) in [4.78, 5) is 18.6. The molecule has 0 saturated carbocycles. The Balaban J connectivity index is 1.83. The second-order valence-electron chi connectivity index (χ2n) is 5.34. The van der Waals surface area contributed by atoms with Crippen LogP contribution in [0.15, 0.2) is 42.6 Å². The highest BCUT2D eigenvalue weighted by molar-refractivity contribution is 5.95. The number of pyridine rings is 1. The Kier molecular flexibility index (Phi) is 3.97. The van der Waals surface area contributed by atoms with Gasteiger partial charge in [-0.1, -0.05) is 18.2 Å². The average Bonchev–Trinajstić information content (AvgIpc) is 2.53. The van der Waals surface area contributed by atoms with Crippen LogP contribution in [0.2, 0.25) is 0 Å². The Morgan fingerprint density at radius 1 is 1.38 bits per heavy atom. The van der Waals surface area contributed by atoms with Crippen LogP contribution in [-0.4, -0.2) is 41.5 Å². The van der Waals surface area contributed by atoms with Gasteiger partial charge in [0.1, 0.15) is 0 Å². The third kappa shape index (κ3) is 2.95. The molecular formula is C17H19N3O. The lowest BCUT2D eigenvalue weighted by Crippen LogP contribution is -2.51. The molecule has 1 amide bonds. The molecule has 2 aromatic rings. The fraction of sp³-hybridized carbons (Fsp3) is 0.294. The molecule has 0 aliphatic carbocycles. The fourth-order valence-corrected chi connectivity index (χ4v) is 2.69. The van der Waals surface area contributed by atoms with Gasteiger partial charge in [0.05, 0.1) is 5.52 Å². The van der Waals surface area contributed by atoms with Crippen LogP contribution in [0.3, 0.4) is 0 Å². The van der Waals surface area contributed by atoms with Crippen LogP contribution in [0.1, 0.15) is 12.5 Å². The first-order valence-corrected chi connectivity index (χ1v) is 7.29. The molecular weight excluding hydrogens is 262 g/mol. The van der Waals surface area contributed by atoms with E-state index >= 15 is 0 Å². The molecule has 3 rings (SSSR count). The molecule has 2 heterocycles. The van der Waals surface area contributed by atoms with Crippen molar-refractivity contribution in [1.82, 2.24) is 15.2 Å². The van der Waals surface area contributed by atoms with Gasteiger partial charge in [-0.2, -0.15) is 0 Å². The smallest absolute Gasteiger partial charge is 0.246 e. The molecule has 1 N–H and O–H groups in total. The van der Waals surface area contributed by atoms with E-state index in [1.807, 2.05) is 41.3 Å². The molecule has 1 fully saturated rings. The molecule has 4 heteroatoms. The summed E-state index contributed by atoms with van der Waals surface area (Å²) in [5, 5.41) is 4.36. The monoisotopic (exact) mass is 281 g/mol. The van der Waals surface area contributed by atoms with Crippen molar-refractivity contribution in [2.24, 2.45) is 0 Å². The number of piperazine rings is 1. The molecule has 1 aromatic heterocycles. The first-order chi connectivity index (χ1) is 10.3. The van der Waals surface area contributed by atoms with Crippen molar-refractivity contribution in [3.8, 4) is 0 Å². The summed E-state index contributed by atoms with van der Waals surface area (Å²) in [7, 11) is 0. The standard InChI is InChI=1S/C17H19N3O/c1-13-12-18-10-11-20(13)17(21)7-6-14-8-9-19-16-5-3-2-4-15(14)16/h2-9,13,18H,10-12H2,1H3. The molecule has 108 valence electrons. The lowest BCUT2D eigenvalue weighted by molar-refractivity contribution is -0.128. The highest BCUT2D eigenvalue weighted by atomic mass is 16.2. The second kappa shape index (κ2) is 6.06. The lowest BCUT2D eigenvalue weighted by atomic mass is 10.1. The van der Waals surface area contributed by atoms with E-state index in [0.717, 1.165) is 36.1 Å². The van der Waals surface area contributed by atoms with Gasteiger partial charge in [-0.15, -0.1) is 0 Å². The maximum Gasteiger partial charge on any atom is 0.246 e. The van der Waals surface area contributed by atoms with Gasteiger partial charge < -0.3 is 10.2 Å². The number of nitrogens with one attached hydrogen (secondary N) is 1. The van der Waals surface area contributed by atoms with Gasteiger partial charge >= 0.3 is 0 Å². The Labute approximate surface area is 124 Å². The van der Waals surface area contributed by atoms with Gasteiger partial charge in [0, 0.05) is 43.3 Å². The molecule has 1 aromatic carbocycles. The molecule has 4 nitrogen and oxygen atoms in total. The van der Waals surface area contributed by atoms with Crippen molar-refractivity contribution in [3.63, 3.8) is 0 Å². The predicted molar refractivity (Wildman–Crippen MR) is 84.8 cm³/mol. The van der Waals surface area contributed by atoms with E-state index in [9.17, 15) is 4.79 Å². The molecule has 1 aliphatic heterocycles. The Morgan fingerprint density at radius 3 is 3.10 bits per heavy atom. The van der Waals surface area contributed by atoms with Crippen LogP contribution in [0.4, 0.5) is 0 Å². The molecule has 1 saturated heterocycles. The highest BCUT2D eigenvalue weighted by Gasteiger charge is 2.20. The number of nitrogens with zero attached hydrogens (tertiary/aromatic N) is 2. The Morgan fingerprint density at radius 2 is 2.24 bits per heavy atom. The zero-order valence-electron chi connectivity index (χ0n) is 12.1. The first kappa shape index (κ1) is 13.8. The molecule has 0 spiro atoms. The van der Waals surface area contributed by atoms with Crippen molar-refractivity contribution in [2.75, 3.05) is 19.6 Å². The minimum Gasteiger partial charge on any atom is -0.334 e. The number of carbonyl (C=O) groups is 1. The van der Waals surface area contributed by atoms with Crippen LogP contribution in [0.5, 0.6) is 0 Å². The van der Waals surface area contributed by atoms with E-state index in [-0.39, 0.29) is 11.9 Å². The summed E-state index contributed by atoms with van der Waals surface area (Å²) >= 11 is 0. The number of hydrogen-bond donors (Lipinski definition) is 1. The minimum atomic E-state index is 0.0740. The van der Waals surface area contributed by atoms with E-state index in [1.54, 1.807) is 12.3 Å². The third-order valence-electron chi connectivity index (χ3n) is 3.87. The molecule has 1 unspecified atom stereocenters. The van der Waals surface area contributed by atoms with Crippen LogP contribution in [0.25, 0.3) is 17.0 Å². The van der Waals surface area contributed by atoms with Crippen molar-refractivity contribution in [2.45, 2.75) is 13.0 Å². The number of aromatic nitrogens is 1. The third-order valence-corrected chi connectivity index (χ3v) is 3.87. The van der Waals surface area contributed by atoms with Gasteiger partial charge in [-0.3, -0.25) is 9.78 Å². The van der Waals surface area contributed by atoms with E-state index in [0.29, 0.717) is 0 Å². The normalized spacial score (nSPS) is 19.3. The molecule has 1 aliphatic rings. The predicted octanol–water partition coefficient (Wildman–Crippen LogP) is 2.07. The summed E-state index contributed by atoms with van der Waals surface area (Å²) in [6.45, 7) is 4.56.